The van der Waals surface area contributed by atoms with E-state index in [1.165, 1.54) is 0 Å². The number of halogens is 4. The molecule has 0 fully saturated rings. The molecule has 0 amide bonds. The van der Waals surface area contributed by atoms with Gasteiger partial charge in [-0.25, -0.2) is 13.8 Å². The van der Waals surface area contributed by atoms with E-state index in [4.69, 9.17) is 5.26 Å². The van der Waals surface area contributed by atoms with Gasteiger partial charge in [0.05, 0.1) is 11.1 Å². The molecule has 0 saturated carbocycles. The van der Waals surface area contributed by atoms with Crippen LogP contribution in [0.25, 0.3) is 0 Å². The predicted octanol–water partition coefficient (Wildman–Crippen LogP) is 3.39. The molecule has 1 aromatic heterocycles. The summed E-state index contributed by atoms with van der Waals surface area (Å²) in [7, 11) is 0. The van der Waals surface area contributed by atoms with E-state index in [1.54, 1.807) is 6.07 Å². The summed E-state index contributed by atoms with van der Waals surface area (Å²) in [5.74, 6) is 0. The van der Waals surface area contributed by atoms with E-state index in [0.29, 0.717) is 14.6 Å². The van der Waals surface area contributed by atoms with Gasteiger partial charge in [0.25, 0.3) is 6.43 Å². The van der Waals surface area contributed by atoms with Gasteiger partial charge in [-0.3, -0.25) is 0 Å². The van der Waals surface area contributed by atoms with Crippen molar-refractivity contribution in [2.24, 2.45) is 0 Å². The molecule has 74 valence electrons. The van der Waals surface area contributed by atoms with Crippen molar-refractivity contribution in [3.05, 3.63) is 26.6 Å². The molecule has 1 rings (SSSR count). The van der Waals surface area contributed by atoms with Crippen LogP contribution < -0.4 is 0 Å². The Balaban J connectivity index is 3.43. The summed E-state index contributed by atoms with van der Waals surface area (Å²) in [6.45, 7) is 0. The Morgan fingerprint density at radius 1 is 1.64 bits per heavy atom. The molecule has 0 atom stereocenters. The number of pyridine rings is 1. The highest BCUT2D eigenvalue weighted by Gasteiger charge is 2.18. The summed E-state index contributed by atoms with van der Waals surface area (Å²) in [6.07, 6.45) is -1.61. The maximum atomic E-state index is 12.5. The lowest BCUT2D eigenvalue weighted by molar-refractivity contribution is 0.150. The standard InChI is InChI=1S/C8H4BrF2IN2/c9-1-4-5(2-13)6(7(10)11)3-14-8(4)12/h3,7H,1H2. The third-order valence-electron chi connectivity index (χ3n) is 1.64. The zero-order valence-electron chi connectivity index (χ0n) is 6.77. The quantitative estimate of drug-likeness (QED) is 0.453. The second-order valence-corrected chi connectivity index (χ2v) is 3.99. The highest BCUT2D eigenvalue weighted by molar-refractivity contribution is 14.1. The van der Waals surface area contributed by atoms with Gasteiger partial charge in [0.1, 0.15) is 9.77 Å². The van der Waals surface area contributed by atoms with Crippen molar-refractivity contribution in [3.8, 4) is 6.07 Å². The largest absolute Gasteiger partial charge is 0.266 e. The Bertz CT molecular complexity index is 390. The zero-order chi connectivity index (χ0) is 10.7. The van der Waals surface area contributed by atoms with E-state index in [-0.39, 0.29) is 11.1 Å². The SMILES string of the molecule is N#Cc1c(C(F)F)cnc(I)c1CBr. The molecule has 0 radical (unpaired) electrons. The summed E-state index contributed by atoms with van der Waals surface area (Å²) < 4.78 is 25.5. The Labute approximate surface area is 102 Å². The maximum Gasteiger partial charge on any atom is 0.266 e. The molecule has 14 heavy (non-hydrogen) atoms. The molecule has 0 aromatic carbocycles. The average molecular weight is 373 g/mol. The molecule has 0 aliphatic rings. The summed E-state index contributed by atoms with van der Waals surface area (Å²) in [5.41, 5.74) is 0.240. The molecule has 0 bridgehead atoms. The molecule has 0 unspecified atom stereocenters. The van der Waals surface area contributed by atoms with Crippen LogP contribution in [0, 0.1) is 15.0 Å². The van der Waals surface area contributed by atoms with Crippen LogP contribution in [0.15, 0.2) is 6.20 Å². The van der Waals surface area contributed by atoms with E-state index < -0.39 is 6.43 Å². The number of aromatic nitrogens is 1. The summed E-state index contributed by atoms with van der Waals surface area (Å²) in [6, 6.07) is 1.78. The topological polar surface area (TPSA) is 36.7 Å². The summed E-state index contributed by atoms with van der Waals surface area (Å²) >= 11 is 5.05. The molecule has 0 aliphatic heterocycles. The van der Waals surface area contributed by atoms with Crippen LogP contribution >= 0.6 is 38.5 Å². The second kappa shape index (κ2) is 4.98. The normalized spacial score (nSPS) is 10.3. The molecule has 6 heteroatoms. The monoisotopic (exact) mass is 372 g/mol. The van der Waals surface area contributed by atoms with Crippen LogP contribution in [-0.2, 0) is 5.33 Å². The van der Waals surface area contributed by atoms with Gasteiger partial charge in [-0.2, -0.15) is 5.26 Å². The van der Waals surface area contributed by atoms with Gasteiger partial charge in [-0.1, -0.05) is 15.9 Å². The first-order chi connectivity index (χ1) is 6.61. The van der Waals surface area contributed by atoms with Crippen molar-refractivity contribution in [2.75, 3.05) is 0 Å². The van der Waals surface area contributed by atoms with Crippen LogP contribution in [0.3, 0.4) is 0 Å². The van der Waals surface area contributed by atoms with Crippen molar-refractivity contribution < 1.29 is 8.78 Å². The van der Waals surface area contributed by atoms with Gasteiger partial charge in [0, 0.05) is 17.1 Å². The molecule has 0 aliphatic carbocycles. The Hall–Kier alpha value is -0.290. The molecule has 2 nitrogen and oxygen atoms in total. The van der Waals surface area contributed by atoms with Crippen molar-refractivity contribution >= 4 is 38.5 Å². The van der Waals surface area contributed by atoms with E-state index in [9.17, 15) is 8.78 Å². The molecule has 1 heterocycles. The lowest BCUT2D eigenvalue weighted by Crippen LogP contribution is -2.01. The van der Waals surface area contributed by atoms with Crippen LogP contribution in [0.2, 0.25) is 0 Å². The summed E-state index contributed by atoms with van der Waals surface area (Å²) in [4.78, 5) is 3.81. The van der Waals surface area contributed by atoms with E-state index in [2.05, 4.69) is 20.9 Å². The lowest BCUT2D eigenvalue weighted by Gasteiger charge is -2.07. The van der Waals surface area contributed by atoms with Crippen LogP contribution in [0.1, 0.15) is 23.1 Å². The zero-order valence-corrected chi connectivity index (χ0v) is 10.5. The van der Waals surface area contributed by atoms with Gasteiger partial charge in [0.15, 0.2) is 0 Å². The molecular weight excluding hydrogens is 369 g/mol. The number of alkyl halides is 3. The van der Waals surface area contributed by atoms with Gasteiger partial charge >= 0.3 is 0 Å². The average Bonchev–Trinajstić information content (AvgIpc) is 2.16. The highest BCUT2D eigenvalue weighted by atomic mass is 127. The van der Waals surface area contributed by atoms with Gasteiger partial charge < -0.3 is 0 Å². The minimum atomic E-state index is -2.66. The van der Waals surface area contributed by atoms with E-state index >= 15 is 0 Å². The minimum absolute atomic E-state index is 0.0243. The summed E-state index contributed by atoms with van der Waals surface area (Å²) in [5, 5.41) is 9.12. The Kier molecular flexibility index (Phi) is 4.19. The van der Waals surface area contributed by atoms with Gasteiger partial charge in [-0.15, -0.1) is 0 Å². The van der Waals surface area contributed by atoms with Crippen LogP contribution in [-0.4, -0.2) is 4.98 Å². The first-order valence-electron chi connectivity index (χ1n) is 3.53. The van der Waals surface area contributed by atoms with Crippen LogP contribution in [0.5, 0.6) is 0 Å². The van der Waals surface area contributed by atoms with E-state index in [1.807, 2.05) is 22.6 Å². The lowest BCUT2D eigenvalue weighted by atomic mass is 10.1. The molecule has 0 N–H and O–H groups in total. The third kappa shape index (κ3) is 2.20. The first-order valence-corrected chi connectivity index (χ1v) is 5.73. The maximum absolute atomic E-state index is 12.5. The number of hydrogen-bond acceptors (Lipinski definition) is 2. The van der Waals surface area contributed by atoms with Crippen molar-refractivity contribution in [1.82, 2.24) is 4.98 Å². The minimum Gasteiger partial charge on any atom is -0.249 e. The fourth-order valence-corrected chi connectivity index (χ4v) is 2.64. The number of rotatable bonds is 2. The smallest absolute Gasteiger partial charge is 0.249 e. The van der Waals surface area contributed by atoms with Gasteiger partial charge in [-0.05, 0) is 22.6 Å². The fraction of sp³-hybridized carbons (Fsp3) is 0.250. The highest BCUT2D eigenvalue weighted by Crippen LogP contribution is 2.27. The molecule has 0 spiro atoms. The predicted molar refractivity (Wildman–Crippen MR) is 59.3 cm³/mol. The number of nitrogens with zero attached hydrogens (tertiary/aromatic N) is 2. The second-order valence-electron chi connectivity index (χ2n) is 2.40. The Morgan fingerprint density at radius 3 is 2.71 bits per heavy atom. The molecular formula is C8H4BrF2IN2. The van der Waals surface area contributed by atoms with Gasteiger partial charge in [0.2, 0.25) is 0 Å². The third-order valence-corrected chi connectivity index (χ3v) is 3.13. The van der Waals surface area contributed by atoms with Crippen molar-refractivity contribution in [1.29, 1.82) is 5.26 Å². The van der Waals surface area contributed by atoms with Crippen LogP contribution in [0.4, 0.5) is 8.78 Å². The molecule has 1 aromatic rings. The number of hydrogen-bond donors (Lipinski definition) is 0. The van der Waals surface area contributed by atoms with Crippen molar-refractivity contribution in [2.45, 2.75) is 11.8 Å². The molecule has 0 saturated heterocycles. The Morgan fingerprint density at radius 2 is 2.29 bits per heavy atom. The first kappa shape index (κ1) is 11.8. The number of nitriles is 1. The fourth-order valence-electron chi connectivity index (χ4n) is 0.965. The van der Waals surface area contributed by atoms with Crippen molar-refractivity contribution in [3.63, 3.8) is 0 Å². The van der Waals surface area contributed by atoms with E-state index in [0.717, 1.165) is 6.20 Å².